The van der Waals surface area contributed by atoms with E-state index in [2.05, 4.69) is 44.7 Å². The lowest BCUT2D eigenvalue weighted by Crippen LogP contribution is -2.43. The highest BCUT2D eigenvalue weighted by Crippen LogP contribution is 2.39. The maximum Gasteiger partial charge on any atom is 0.232 e. The summed E-state index contributed by atoms with van der Waals surface area (Å²) in [6.45, 7) is 5.94. The van der Waals surface area contributed by atoms with Gasteiger partial charge in [0, 0.05) is 49.2 Å². The van der Waals surface area contributed by atoms with E-state index >= 15 is 0 Å². The van der Waals surface area contributed by atoms with Gasteiger partial charge in [-0.05, 0) is 62.0 Å². The number of hydrogen-bond donors (Lipinski definition) is 2. The Morgan fingerprint density at radius 2 is 1.58 bits per heavy atom. The van der Waals surface area contributed by atoms with E-state index in [1.165, 1.54) is 44.1 Å². The lowest BCUT2D eigenvalue weighted by atomic mass is 9.69. The summed E-state index contributed by atoms with van der Waals surface area (Å²) in [5.74, 6) is 2.46. The average molecular weight is 529 g/mol. The van der Waals surface area contributed by atoms with Crippen LogP contribution in [0.1, 0.15) is 56.9 Å². The summed E-state index contributed by atoms with van der Waals surface area (Å²) in [6.07, 6.45) is 9.67. The Kier molecular flexibility index (Phi) is 8.44. The summed E-state index contributed by atoms with van der Waals surface area (Å²) in [5, 5.41) is 8.17. The van der Waals surface area contributed by atoms with Crippen LogP contribution in [0.5, 0.6) is 0 Å². The van der Waals surface area contributed by atoms with Crippen molar-refractivity contribution in [2.75, 3.05) is 61.1 Å². The van der Waals surface area contributed by atoms with Gasteiger partial charge in [0.1, 0.15) is 11.6 Å². The molecule has 3 heterocycles. The van der Waals surface area contributed by atoms with Crippen LogP contribution < -0.4 is 20.4 Å². The van der Waals surface area contributed by atoms with Gasteiger partial charge in [0.2, 0.25) is 5.95 Å². The van der Waals surface area contributed by atoms with Crippen LogP contribution in [0.2, 0.25) is 5.02 Å². The molecule has 1 aromatic heterocycles. The van der Waals surface area contributed by atoms with Crippen LogP contribution in [-0.4, -0.2) is 61.0 Å². The number of anilines is 3. The molecule has 0 amide bonds. The molecule has 2 saturated heterocycles. The monoisotopic (exact) mass is 528 g/mol. The van der Waals surface area contributed by atoms with Crippen LogP contribution in [0.15, 0.2) is 30.3 Å². The van der Waals surface area contributed by atoms with Gasteiger partial charge in [-0.25, -0.2) is 0 Å². The van der Waals surface area contributed by atoms with E-state index in [1.54, 1.807) is 0 Å². The quantitative estimate of drug-likeness (QED) is 0.499. The van der Waals surface area contributed by atoms with E-state index in [4.69, 9.17) is 38.5 Å². The second kappa shape index (κ2) is 11.9. The maximum atomic E-state index is 6.36. The highest BCUT2D eigenvalue weighted by molar-refractivity contribution is 7.80. The first kappa shape index (κ1) is 25.5. The lowest BCUT2D eigenvalue weighted by Gasteiger charge is -2.38. The van der Waals surface area contributed by atoms with Crippen LogP contribution in [0, 0.1) is 0 Å². The van der Waals surface area contributed by atoms with Crippen LogP contribution in [-0.2, 0) is 10.2 Å². The Bertz CT molecular complexity index is 998. The zero-order valence-corrected chi connectivity index (χ0v) is 22.5. The zero-order valence-electron chi connectivity index (χ0n) is 21.0. The van der Waals surface area contributed by atoms with Crippen LogP contribution in [0.3, 0.4) is 0 Å². The summed E-state index contributed by atoms with van der Waals surface area (Å²) in [7, 11) is 0. The molecule has 194 valence electrons. The van der Waals surface area contributed by atoms with Crippen LogP contribution in [0.4, 0.5) is 17.6 Å². The van der Waals surface area contributed by atoms with Crippen molar-refractivity contribution in [3.63, 3.8) is 0 Å². The van der Waals surface area contributed by atoms with Crippen molar-refractivity contribution in [2.24, 2.45) is 0 Å². The summed E-state index contributed by atoms with van der Waals surface area (Å²) < 4.78 is 5.56. The molecule has 3 fully saturated rings. The van der Waals surface area contributed by atoms with Gasteiger partial charge in [-0.3, -0.25) is 0 Å². The predicted molar refractivity (Wildman–Crippen MR) is 152 cm³/mol. The summed E-state index contributed by atoms with van der Waals surface area (Å²) in [4.78, 5) is 14.4. The average Bonchev–Trinajstić information content (AvgIpc) is 2.93. The Balaban J connectivity index is 1.31. The number of rotatable bonds is 6. The van der Waals surface area contributed by atoms with Gasteiger partial charge in [-0.2, -0.15) is 9.97 Å². The van der Waals surface area contributed by atoms with Crippen LogP contribution >= 0.6 is 23.8 Å². The molecule has 2 aromatic rings. The van der Waals surface area contributed by atoms with Crippen molar-refractivity contribution < 1.29 is 4.74 Å². The predicted octanol–water partition coefficient (Wildman–Crippen LogP) is 5.15. The topological polar surface area (TPSA) is 65.6 Å². The van der Waals surface area contributed by atoms with Crippen molar-refractivity contribution in [3.8, 4) is 0 Å². The maximum absolute atomic E-state index is 6.36. The number of morpholine rings is 1. The third-order valence-electron chi connectivity index (χ3n) is 7.77. The van der Waals surface area contributed by atoms with Crippen molar-refractivity contribution in [2.45, 2.75) is 56.8 Å². The summed E-state index contributed by atoms with van der Waals surface area (Å²) in [6, 6.07) is 10.4. The first-order valence-corrected chi connectivity index (χ1v) is 14.2. The SMILES string of the molecule is S=C(NCC1(c2cccc(Cl)c2)CCCCC1)Nc1nc(N2CCCCC2)cc(N2CCOCC2)n1. The fourth-order valence-corrected chi connectivity index (χ4v) is 6.08. The van der Waals surface area contributed by atoms with E-state index < -0.39 is 0 Å². The fraction of sp³-hybridized carbons (Fsp3) is 0.593. The lowest BCUT2D eigenvalue weighted by molar-refractivity contribution is 0.122. The minimum absolute atomic E-state index is 0.0321. The third-order valence-corrected chi connectivity index (χ3v) is 8.26. The number of aromatic nitrogens is 2. The molecular formula is C27H37ClN6OS. The van der Waals surface area contributed by atoms with E-state index in [0.29, 0.717) is 11.1 Å². The molecule has 3 aliphatic rings. The van der Waals surface area contributed by atoms with Crippen molar-refractivity contribution in [1.29, 1.82) is 0 Å². The Morgan fingerprint density at radius 3 is 2.28 bits per heavy atom. The fourth-order valence-electron chi connectivity index (χ4n) is 5.73. The molecule has 9 heteroatoms. The Labute approximate surface area is 225 Å². The minimum atomic E-state index is 0.0321. The molecule has 0 radical (unpaired) electrons. The number of benzene rings is 1. The molecule has 0 atom stereocenters. The third kappa shape index (κ3) is 6.21. The zero-order chi connectivity index (χ0) is 24.8. The number of thiocarbonyl (C=S) groups is 1. The molecular weight excluding hydrogens is 492 g/mol. The largest absolute Gasteiger partial charge is 0.378 e. The highest BCUT2D eigenvalue weighted by atomic mass is 35.5. The number of nitrogens with zero attached hydrogens (tertiary/aromatic N) is 4. The highest BCUT2D eigenvalue weighted by Gasteiger charge is 2.34. The van der Waals surface area contributed by atoms with Crippen molar-refractivity contribution in [1.82, 2.24) is 15.3 Å². The van der Waals surface area contributed by atoms with E-state index in [1.807, 2.05) is 6.07 Å². The smallest absolute Gasteiger partial charge is 0.232 e. The second-order valence-electron chi connectivity index (χ2n) is 10.2. The van der Waals surface area contributed by atoms with E-state index in [0.717, 1.165) is 75.4 Å². The number of ether oxygens (including phenoxy) is 1. The van der Waals surface area contributed by atoms with Gasteiger partial charge in [-0.1, -0.05) is 43.0 Å². The summed E-state index contributed by atoms with van der Waals surface area (Å²) >= 11 is 12.1. The molecule has 1 aliphatic carbocycles. The first-order chi connectivity index (χ1) is 17.6. The normalized spacial score (nSPS) is 20.1. The Hall–Kier alpha value is -2.16. The minimum Gasteiger partial charge on any atom is -0.378 e. The van der Waals surface area contributed by atoms with Gasteiger partial charge in [0.15, 0.2) is 5.11 Å². The van der Waals surface area contributed by atoms with Gasteiger partial charge >= 0.3 is 0 Å². The molecule has 36 heavy (non-hydrogen) atoms. The second-order valence-corrected chi connectivity index (χ2v) is 11.1. The number of hydrogen-bond acceptors (Lipinski definition) is 6. The van der Waals surface area contributed by atoms with Crippen molar-refractivity contribution in [3.05, 3.63) is 40.9 Å². The van der Waals surface area contributed by atoms with E-state index in [9.17, 15) is 0 Å². The molecule has 1 aromatic carbocycles. The number of piperidine rings is 1. The van der Waals surface area contributed by atoms with Gasteiger partial charge in [0.05, 0.1) is 13.2 Å². The van der Waals surface area contributed by atoms with Gasteiger partial charge in [0.25, 0.3) is 0 Å². The number of nitrogens with one attached hydrogen (secondary N) is 2. The number of halogens is 1. The molecule has 5 rings (SSSR count). The molecule has 2 N–H and O–H groups in total. The summed E-state index contributed by atoms with van der Waals surface area (Å²) in [5.41, 5.74) is 1.33. The van der Waals surface area contributed by atoms with E-state index in [-0.39, 0.29) is 5.41 Å². The van der Waals surface area contributed by atoms with Crippen molar-refractivity contribution >= 4 is 46.5 Å². The molecule has 0 bridgehead atoms. The van der Waals surface area contributed by atoms with Gasteiger partial charge < -0.3 is 25.2 Å². The molecule has 0 spiro atoms. The molecule has 2 aliphatic heterocycles. The molecule has 7 nitrogen and oxygen atoms in total. The van der Waals surface area contributed by atoms with Crippen LogP contribution in [0.25, 0.3) is 0 Å². The molecule has 0 unspecified atom stereocenters. The molecule has 1 saturated carbocycles. The van der Waals surface area contributed by atoms with Gasteiger partial charge in [-0.15, -0.1) is 0 Å². The Morgan fingerprint density at radius 1 is 0.917 bits per heavy atom. The standard InChI is InChI=1S/C27H37ClN6OS/c28-22-9-7-8-21(18-22)27(10-3-1-4-11-27)20-29-26(36)32-25-30-23(33-12-5-2-6-13-33)19-24(31-25)34-14-16-35-17-15-34/h7-9,18-19H,1-6,10-17,20H2,(H2,29,30,31,32,36). The first-order valence-electron chi connectivity index (χ1n) is 13.4.